The van der Waals surface area contributed by atoms with Gasteiger partial charge in [0.25, 0.3) is 0 Å². The zero-order valence-electron chi connectivity index (χ0n) is 11.2. The van der Waals surface area contributed by atoms with Crippen LogP contribution in [0, 0.1) is 11.6 Å². The van der Waals surface area contributed by atoms with Crippen molar-refractivity contribution in [3.05, 3.63) is 29.3 Å². The lowest BCUT2D eigenvalue weighted by Crippen LogP contribution is -2.37. The van der Waals surface area contributed by atoms with Crippen molar-refractivity contribution in [2.75, 3.05) is 31.5 Å². The van der Waals surface area contributed by atoms with Gasteiger partial charge in [0.15, 0.2) is 0 Å². The first-order valence-corrected chi connectivity index (χ1v) is 6.48. The lowest BCUT2D eigenvalue weighted by atomic mass is 10.2. The van der Waals surface area contributed by atoms with Crippen LogP contribution in [-0.4, -0.2) is 48.2 Å². The van der Waals surface area contributed by atoms with Gasteiger partial charge in [-0.2, -0.15) is 0 Å². The van der Waals surface area contributed by atoms with E-state index < -0.39 is 29.2 Å². The summed E-state index contributed by atoms with van der Waals surface area (Å²) in [5, 5.41) is 14.2. The first kappa shape index (κ1) is 15.2. The van der Waals surface area contributed by atoms with Crippen LogP contribution in [0.3, 0.4) is 0 Å². The monoisotopic (exact) mass is 299 g/mol. The molecule has 1 saturated heterocycles. The Labute approximate surface area is 119 Å². The summed E-state index contributed by atoms with van der Waals surface area (Å²) in [6, 6.07) is 0.685. The molecule has 1 heterocycles. The van der Waals surface area contributed by atoms with Crippen LogP contribution in [-0.2, 0) is 0 Å². The van der Waals surface area contributed by atoms with Crippen LogP contribution in [0.5, 0.6) is 0 Å². The first-order valence-electron chi connectivity index (χ1n) is 6.48. The quantitative estimate of drug-likeness (QED) is 0.773. The largest absolute Gasteiger partial charge is 0.478 e. The van der Waals surface area contributed by atoms with E-state index in [1.807, 2.05) is 0 Å². The molecular formula is C13H15F2N3O3. The van der Waals surface area contributed by atoms with Crippen molar-refractivity contribution >= 4 is 17.7 Å². The maximum Gasteiger partial charge on any atom is 0.338 e. The van der Waals surface area contributed by atoms with Crippen LogP contribution in [0.15, 0.2) is 12.1 Å². The molecule has 0 radical (unpaired) electrons. The molecule has 1 aliphatic rings. The summed E-state index contributed by atoms with van der Waals surface area (Å²) in [6.07, 6.45) is 0.764. The zero-order valence-corrected chi connectivity index (χ0v) is 11.2. The summed E-state index contributed by atoms with van der Waals surface area (Å²) >= 11 is 0. The number of carboxylic acid groups (broad SMARTS) is 1. The van der Waals surface area contributed by atoms with Gasteiger partial charge in [-0.3, -0.25) is 0 Å². The van der Waals surface area contributed by atoms with Crippen LogP contribution < -0.4 is 10.6 Å². The van der Waals surface area contributed by atoms with E-state index in [1.165, 1.54) is 4.90 Å². The van der Waals surface area contributed by atoms with Crippen molar-refractivity contribution in [3.63, 3.8) is 0 Å². The van der Waals surface area contributed by atoms with Crippen LogP contribution in [0.25, 0.3) is 0 Å². The molecule has 3 N–H and O–H groups in total. The number of aromatic carboxylic acids is 1. The summed E-state index contributed by atoms with van der Waals surface area (Å²) in [6.45, 7) is 2.38. The molecule has 1 fully saturated rings. The Morgan fingerprint density at radius 2 is 1.95 bits per heavy atom. The van der Waals surface area contributed by atoms with Crippen molar-refractivity contribution < 1.29 is 23.5 Å². The summed E-state index contributed by atoms with van der Waals surface area (Å²) < 4.78 is 26.9. The van der Waals surface area contributed by atoms with Crippen molar-refractivity contribution in [1.29, 1.82) is 0 Å². The number of hydrogen-bond acceptors (Lipinski definition) is 3. The number of nitrogens with zero attached hydrogens (tertiary/aromatic N) is 1. The molecule has 114 valence electrons. The van der Waals surface area contributed by atoms with Gasteiger partial charge in [-0.25, -0.2) is 18.4 Å². The highest BCUT2D eigenvalue weighted by Crippen LogP contribution is 2.20. The molecule has 0 saturated carbocycles. The second-order valence-electron chi connectivity index (χ2n) is 4.64. The third kappa shape index (κ3) is 3.66. The molecule has 0 unspecified atom stereocenters. The van der Waals surface area contributed by atoms with Gasteiger partial charge in [0.05, 0.1) is 11.3 Å². The van der Waals surface area contributed by atoms with E-state index in [0.29, 0.717) is 25.7 Å². The van der Waals surface area contributed by atoms with Gasteiger partial charge in [0, 0.05) is 25.7 Å². The lowest BCUT2D eigenvalue weighted by molar-refractivity contribution is 0.0691. The van der Waals surface area contributed by atoms with Crippen LogP contribution in [0.1, 0.15) is 16.8 Å². The Morgan fingerprint density at radius 1 is 1.19 bits per heavy atom. The van der Waals surface area contributed by atoms with Crippen LogP contribution in [0.2, 0.25) is 0 Å². The fourth-order valence-electron chi connectivity index (χ4n) is 2.05. The van der Waals surface area contributed by atoms with E-state index >= 15 is 0 Å². The van der Waals surface area contributed by atoms with Gasteiger partial charge in [0.1, 0.15) is 11.6 Å². The number of carbonyl (C=O) groups excluding carboxylic acids is 1. The Morgan fingerprint density at radius 3 is 2.67 bits per heavy atom. The van der Waals surface area contributed by atoms with E-state index in [0.717, 1.165) is 19.0 Å². The Bertz CT molecular complexity index is 558. The maximum atomic E-state index is 13.6. The third-order valence-corrected chi connectivity index (χ3v) is 3.16. The summed E-state index contributed by atoms with van der Waals surface area (Å²) in [7, 11) is 0. The van der Waals surface area contributed by atoms with E-state index in [4.69, 9.17) is 5.11 Å². The van der Waals surface area contributed by atoms with E-state index in [1.54, 1.807) is 0 Å². The molecule has 0 aromatic heterocycles. The number of urea groups is 1. The predicted molar refractivity (Wildman–Crippen MR) is 71.4 cm³/mol. The molecule has 6 nitrogen and oxygen atoms in total. The normalized spacial score (nSPS) is 15.4. The molecule has 0 bridgehead atoms. The lowest BCUT2D eigenvalue weighted by Gasteiger charge is -2.20. The fraction of sp³-hybridized carbons (Fsp3) is 0.385. The van der Waals surface area contributed by atoms with Gasteiger partial charge in [0.2, 0.25) is 0 Å². The van der Waals surface area contributed by atoms with Gasteiger partial charge in [-0.1, -0.05) is 0 Å². The number of halogens is 2. The number of hydrogen-bond donors (Lipinski definition) is 3. The molecule has 0 spiro atoms. The minimum absolute atomic E-state index is 0.351. The third-order valence-electron chi connectivity index (χ3n) is 3.16. The minimum Gasteiger partial charge on any atom is -0.478 e. The Balaban J connectivity index is 2.16. The average Bonchev–Trinajstić information content (AvgIpc) is 2.70. The SMILES string of the molecule is O=C(O)c1cc(NC(=O)N2CCCNCC2)c(F)cc1F. The molecule has 21 heavy (non-hydrogen) atoms. The number of carbonyl (C=O) groups is 2. The Kier molecular flexibility index (Phi) is 4.69. The zero-order chi connectivity index (χ0) is 15.4. The summed E-state index contributed by atoms with van der Waals surface area (Å²) in [5.74, 6) is -3.72. The smallest absolute Gasteiger partial charge is 0.338 e. The van der Waals surface area contributed by atoms with Crippen molar-refractivity contribution in [2.45, 2.75) is 6.42 Å². The van der Waals surface area contributed by atoms with E-state index in [2.05, 4.69) is 10.6 Å². The van der Waals surface area contributed by atoms with Crippen molar-refractivity contribution in [2.24, 2.45) is 0 Å². The highest BCUT2D eigenvalue weighted by Gasteiger charge is 2.20. The second kappa shape index (κ2) is 6.49. The fourth-order valence-corrected chi connectivity index (χ4v) is 2.05. The highest BCUT2D eigenvalue weighted by molar-refractivity contribution is 5.93. The van der Waals surface area contributed by atoms with Crippen LogP contribution >= 0.6 is 0 Å². The average molecular weight is 299 g/mol. The van der Waals surface area contributed by atoms with E-state index in [9.17, 15) is 18.4 Å². The molecule has 1 aromatic rings. The number of carboxylic acids is 1. The molecule has 0 atom stereocenters. The molecule has 8 heteroatoms. The number of amides is 2. The minimum atomic E-state index is -1.53. The number of rotatable bonds is 2. The summed E-state index contributed by atoms with van der Waals surface area (Å²) in [5.41, 5.74) is -1.04. The second-order valence-corrected chi connectivity index (χ2v) is 4.64. The van der Waals surface area contributed by atoms with Gasteiger partial charge in [-0.15, -0.1) is 0 Å². The number of nitrogens with one attached hydrogen (secondary N) is 2. The van der Waals surface area contributed by atoms with Crippen molar-refractivity contribution in [3.8, 4) is 0 Å². The predicted octanol–water partition coefficient (Wildman–Crippen LogP) is 1.49. The van der Waals surface area contributed by atoms with Gasteiger partial charge in [-0.05, 0) is 19.0 Å². The standard InChI is InChI=1S/C13H15F2N3O3/c14-9-7-10(15)11(6-8(9)12(19)20)17-13(21)18-4-1-2-16-3-5-18/h6-7,16H,1-5H2,(H,17,21)(H,19,20). The molecule has 0 aliphatic carbocycles. The molecule has 1 aromatic carbocycles. The maximum absolute atomic E-state index is 13.6. The topological polar surface area (TPSA) is 81.7 Å². The molecule has 1 aliphatic heterocycles. The van der Waals surface area contributed by atoms with Gasteiger partial charge >= 0.3 is 12.0 Å². The Hall–Kier alpha value is -2.22. The number of benzene rings is 1. The van der Waals surface area contributed by atoms with Gasteiger partial charge < -0.3 is 20.6 Å². The van der Waals surface area contributed by atoms with Crippen LogP contribution in [0.4, 0.5) is 19.3 Å². The van der Waals surface area contributed by atoms with Crippen molar-refractivity contribution in [1.82, 2.24) is 10.2 Å². The highest BCUT2D eigenvalue weighted by atomic mass is 19.1. The molecule has 2 rings (SSSR count). The summed E-state index contributed by atoms with van der Waals surface area (Å²) in [4.78, 5) is 24.3. The first-order chi connectivity index (χ1) is 9.99. The molecular weight excluding hydrogens is 284 g/mol. The number of anilines is 1. The van der Waals surface area contributed by atoms with E-state index in [-0.39, 0.29) is 5.69 Å². The molecule has 2 amide bonds.